The summed E-state index contributed by atoms with van der Waals surface area (Å²) in [5, 5.41) is 8.59. The van der Waals surface area contributed by atoms with E-state index in [9.17, 15) is 0 Å². The van der Waals surface area contributed by atoms with Gasteiger partial charge in [0.25, 0.3) is 5.95 Å². The monoisotopic (exact) mass is 213 g/mol. The van der Waals surface area contributed by atoms with E-state index in [1.807, 2.05) is 30.3 Å². The quantitative estimate of drug-likeness (QED) is 0.783. The van der Waals surface area contributed by atoms with Crippen LogP contribution in [0.2, 0.25) is 0 Å². The number of benzene rings is 1. The predicted molar refractivity (Wildman–Crippen MR) is 59.3 cm³/mol. The number of hydrogen-bond donors (Lipinski definition) is 0. The first-order valence-electron chi connectivity index (χ1n) is 5.08. The molecule has 1 heterocycles. The zero-order valence-corrected chi connectivity index (χ0v) is 8.93. The molecule has 3 nitrogen and oxygen atoms in total. The van der Waals surface area contributed by atoms with Gasteiger partial charge in [0.1, 0.15) is 11.8 Å². The molecule has 3 heteroatoms. The van der Waals surface area contributed by atoms with Crippen molar-refractivity contribution in [2.75, 3.05) is 0 Å². The number of nitrogens with zero attached hydrogens (tertiary/aromatic N) is 1. The van der Waals surface area contributed by atoms with Gasteiger partial charge in [0.15, 0.2) is 0 Å². The summed E-state index contributed by atoms with van der Waals surface area (Å²) in [6.07, 6.45) is 1.000. The Balaban J connectivity index is 2.11. The van der Waals surface area contributed by atoms with Crippen LogP contribution in [0.1, 0.15) is 18.2 Å². The molecule has 1 aromatic carbocycles. The molecule has 0 unspecified atom stereocenters. The highest BCUT2D eigenvalue weighted by Gasteiger charge is 2.03. The molecule has 0 N–H and O–H groups in total. The largest absolute Gasteiger partial charge is 0.426 e. The standard InChI is InChI=1S/C13H11NO2/c1-2-10-3-5-11(6-4-10)15-13-8-7-12(9-14)16-13/h3-8H,2H2,1H3. The van der Waals surface area contributed by atoms with Crippen LogP contribution in [-0.2, 0) is 6.42 Å². The summed E-state index contributed by atoms with van der Waals surface area (Å²) in [7, 11) is 0. The summed E-state index contributed by atoms with van der Waals surface area (Å²) < 4.78 is 10.6. The van der Waals surface area contributed by atoms with Crippen LogP contribution in [0.3, 0.4) is 0 Å². The topological polar surface area (TPSA) is 46.2 Å². The van der Waals surface area contributed by atoms with Crippen LogP contribution >= 0.6 is 0 Å². The van der Waals surface area contributed by atoms with Crippen LogP contribution in [-0.4, -0.2) is 0 Å². The Morgan fingerprint density at radius 1 is 1.19 bits per heavy atom. The van der Waals surface area contributed by atoms with Gasteiger partial charge in [0, 0.05) is 6.07 Å². The first-order chi connectivity index (χ1) is 7.81. The van der Waals surface area contributed by atoms with Gasteiger partial charge in [-0.3, -0.25) is 0 Å². The van der Waals surface area contributed by atoms with Gasteiger partial charge in [-0.05, 0) is 30.2 Å². The van der Waals surface area contributed by atoms with E-state index in [0.29, 0.717) is 11.7 Å². The van der Waals surface area contributed by atoms with E-state index in [0.717, 1.165) is 6.42 Å². The molecule has 0 aliphatic heterocycles. The maximum atomic E-state index is 8.59. The number of furan rings is 1. The van der Waals surface area contributed by atoms with Crippen LogP contribution in [0.25, 0.3) is 0 Å². The highest BCUT2D eigenvalue weighted by Crippen LogP contribution is 2.23. The van der Waals surface area contributed by atoms with Gasteiger partial charge in [-0.1, -0.05) is 19.1 Å². The van der Waals surface area contributed by atoms with Crippen molar-refractivity contribution < 1.29 is 9.15 Å². The molecular weight excluding hydrogens is 202 g/mol. The van der Waals surface area contributed by atoms with Crippen molar-refractivity contribution >= 4 is 0 Å². The molecule has 0 aliphatic carbocycles. The molecule has 0 atom stereocenters. The van der Waals surface area contributed by atoms with E-state index in [1.54, 1.807) is 12.1 Å². The maximum Gasteiger partial charge on any atom is 0.291 e. The van der Waals surface area contributed by atoms with Crippen molar-refractivity contribution in [2.24, 2.45) is 0 Å². The number of ether oxygens (including phenoxy) is 1. The minimum atomic E-state index is 0.250. The van der Waals surface area contributed by atoms with E-state index >= 15 is 0 Å². The van der Waals surface area contributed by atoms with E-state index < -0.39 is 0 Å². The van der Waals surface area contributed by atoms with Gasteiger partial charge in [-0.25, -0.2) is 0 Å². The van der Waals surface area contributed by atoms with Crippen molar-refractivity contribution in [1.82, 2.24) is 0 Å². The first kappa shape index (κ1) is 10.3. The Labute approximate surface area is 93.9 Å². The van der Waals surface area contributed by atoms with Crippen molar-refractivity contribution in [3.63, 3.8) is 0 Å². The van der Waals surface area contributed by atoms with Crippen LogP contribution < -0.4 is 4.74 Å². The molecule has 2 rings (SSSR count). The van der Waals surface area contributed by atoms with Crippen molar-refractivity contribution in [3.05, 3.63) is 47.7 Å². The molecule has 2 aromatic rings. The second-order valence-corrected chi connectivity index (χ2v) is 3.33. The molecule has 0 saturated heterocycles. The lowest BCUT2D eigenvalue weighted by molar-refractivity contribution is 0.343. The van der Waals surface area contributed by atoms with E-state index in [4.69, 9.17) is 14.4 Å². The highest BCUT2D eigenvalue weighted by atomic mass is 16.6. The van der Waals surface area contributed by atoms with Gasteiger partial charge in [0.2, 0.25) is 5.76 Å². The van der Waals surface area contributed by atoms with Gasteiger partial charge in [-0.2, -0.15) is 5.26 Å². The van der Waals surface area contributed by atoms with E-state index in [1.165, 1.54) is 5.56 Å². The number of nitriles is 1. The van der Waals surface area contributed by atoms with Crippen molar-refractivity contribution in [2.45, 2.75) is 13.3 Å². The highest BCUT2D eigenvalue weighted by molar-refractivity contribution is 5.31. The Morgan fingerprint density at radius 3 is 2.50 bits per heavy atom. The summed E-state index contributed by atoms with van der Waals surface area (Å²) >= 11 is 0. The van der Waals surface area contributed by atoms with E-state index in [2.05, 4.69) is 6.92 Å². The molecule has 0 saturated carbocycles. The van der Waals surface area contributed by atoms with Crippen LogP contribution in [0.5, 0.6) is 11.7 Å². The van der Waals surface area contributed by atoms with Crippen LogP contribution in [0.4, 0.5) is 0 Å². The molecular formula is C13H11NO2. The molecule has 0 aliphatic rings. The summed E-state index contributed by atoms with van der Waals surface area (Å²) in [5.74, 6) is 1.29. The average molecular weight is 213 g/mol. The molecule has 0 fully saturated rings. The summed E-state index contributed by atoms with van der Waals surface area (Å²) in [6, 6.07) is 12.9. The fourth-order valence-corrected chi connectivity index (χ4v) is 1.34. The van der Waals surface area contributed by atoms with Crippen LogP contribution in [0.15, 0.2) is 40.8 Å². The van der Waals surface area contributed by atoms with Gasteiger partial charge < -0.3 is 9.15 Å². The SMILES string of the molecule is CCc1ccc(Oc2ccc(C#N)o2)cc1. The van der Waals surface area contributed by atoms with Crippen LogP contribution in [0, 0.1) is 11.3 Å². The number of rotatable bonds is 3. The zero-order chi connectivity index (χ0) is 11.4. The third kappa shape index (κ3) is 2.23. The van der Waals surface area contributed by atoms with Crippen molar-refractivity contribution in [1.29, 1.82) is 5.26 Å². The van der Waals surface area contributed by atoms with Gasteiger partial charge in [0.05, 0.1) is 0 Å². The lowest BCUT2D eigenvalue weighted by Crippen LogP contribution is -1.83. The second-order valence-electron chi connectivity index (χ2n) is 3.33. The minimum Gasteiger partial charge on any atom is -0.426 e. The first-order valence-corrected chi connectivity index (χ1v) is 5.08. The third-order valence-corrected chi connectivity index (χ3v) is 2.24. The molecule has 0 radical (unpaired) electrons. The molecule has 0 amide bonds. The average Bonchev–Trinajstić information content (AvgIpc) is 2.78. The van der Waals surface area contributed by atoms with Gasteiger partial charge in [-0.15, -0.1) is 0 Å². The predicted octanol–water partition coefficient (Wildman–Crippen LogP) is 3.51. The third-order valence-electron chi connectivity index (χ3n) is 2.24. The molecule has 1 aromatic heterocycles. The van der Waals surface area contributed by atoms with Gasteiger partial charge >= 0.3 is 0 Å². The lowest BCUT2D eigenvalue weighted by Gasteiger charge is -2.02. The molecule has 0 spiro atoms. The normalized spacial score (nSPS) is 9.75. The lowest BCUT2D eigenvalue weighted by atomic mass is 10.2. The molecule has 16 heavy (non-hydrogen) atoms. The Hall–Kier alpha value is -2.21. The Bertz CT molecular complexity index is 505. The Kier molecular flexibility index (Phi) is 2.93. The summed E-state index contributed by atoms with van der Waals surface area (Å²) in [5.41, 5.74) is 1.25. The smallest absolute Gasteiger partial charge is 0.291 e. The van der Waals surface area contributed by atoms with Crippen molar-refractivity contribution in [3.8, 4) is 17.8 Å². The molecule has 80 valence electrons. The number of aryl methyl sites for hydroxylation is 1. The maximum absolute atomic E-state index is 8.59. The summed E-state index contributed by atoms with van der Waals surface area (Å²) in [6.45, 7) is 2.10. The molecule has 0 bridgehead atoms. The summed E-state index contributed by atoms with van der Waals surface area (Å²) in [4.78, 5) is 0. The number of hydrogen-bond acceptors (Lipinski definition) is 3. The fraction of sp³-hybridized carbons (Fsp3) is 0.154. The second kappa shape index (κ2) is 4.54. The zero-order valence-electron chi connectivity index (χ0n) is 8.93. The fourth-order valence-electron chi connectivity index (χ4n) is 1.34. The minimum absolute atomic E-state index is 0.250. The van der Waals surface area contributed by atoms with E-state index in [-0.39, 0.29) is 5.76 Å². The Morgan fingerprint density at radius 2 is 1.94 bits per heavy atom.